The average molecular weight is 545 g/mol. The Morgan fingerprint density at radius 1 is 1.08 bits per heavy atom. The largest absolute Gasteiger partial charge is 0.486 e. The molecule has 2 aliphatic heterocycles. The fraction of sp³-hybridized carbons (Fsp3) is 0.462. The van der Waals surface area contributed by atoms with Crippen molar-refractivity contribution in [3.63, 3.8) is 0 Å². The first-order chi connectivity index (χ1) is 17.7. The van der Waals surface area contributed by atoms with Gasteiger partial charge in [0.15, 0.2) is 16.6 Å². The maximum atomic E-state index is 13.7. The SMILES string of the molecule is CC1CCCCN1S(=O)(=O)c1ccc(C(=O)N(CCN(C)C)c2nc3cc4c(cc3s2)OCCO4)cc1. The van der Waals surface area contributed by atoms with Gasteiger partial charge in [-0.25, -0.2) is 13.4 Å². The van der Waals surface area contributed by atoms with Gasteiger partial charge in [0, 0.05) is 43.4 Å². The molecule has 0 N–H and O–H groups in total. The molecule has 0 saturated carbocycles. The molecule has 0 radical (unpaired) electrons. The highest BCUT2D eigenvalue weighted by Crippen LogP contribution is 2.39. The van der Waals surface area contributed by atoms with Crippen molar-refractivity contribution < 1.29 is 22.7 Å². The van der Waals surface area contributed by atoms with Crippen LogP contribution in [0.4, 0.5) is 5.13 Å². The molecule has 1 atom stereocenters. The number of rotatable bonds is 7. The van der Waals surface area contributed by atoms with E-state index in [-0.39, 0.29) is 16.8 Å². The lowest BCUT2D eigenvalue weighted by Gasteiger charge is -2.32. The van der Waals surface area contributed by atoms with E-state index in [0.29, 0.717) is 55.0 Å². The summed E-state index contributed by atoms with van der Waals surface area (Å²) in [6.07, 6.45) is 2.77. The molecule has 5 rings (SSSR count). The summed E-state index contributed by atoms with van der Waals surface area (Å²) in [4.78, 5) is 22.3. The molecule has 198 valence electrons. The zero-order chi connectivity index (χ0) is 26.2. The monoisotopic (exact) mass is 544 g/mol. The molecular formula is C26H32N4O5S2. The molecule has 0 spiro atoms. The molecule has 11 heteroatoms. The molecule has 1 aromatic heterocycles. The third-order valence-corrected chi connectivity index (χ3v) is 9.81. The number of carbonyl (C=O) groups excluding carboxylic acids is 1. The lowest BCUT2D eigenvalue weighted by atomic mass is 10.1. The Kier molecular flexibility index (Phi) is 7.39. The van der Waals surface area contributed by atoms with E-state index in [9.17, 15) is 13.2 Å². The van der Waals surface area contributed by atoms with Crippen LogP contribution in [-0.4, -0.2) is 81.5 Å². The third kappa shape index (κ3) is 5.31. The predicted octanol–water partition coefficient (Wildman–Crippen LogP) is 3.84. The number of anilines is 1. The van der Waals surface area contributed by atoms with E-state index in [4.69, 9.17) is 14.5 Å². The van der Waals surface area contributed by atoms with Gasteiger partial charge in [-0.3, -0.25) is 9.69 Å². The Balaban J connectivity index is 1.43. The second-order valence-corrected chi connectivity index (χ2v) is 12.6. The van der Waals surface area contributed by atoms with E-state index >= 15 is 0 Å². The minimum Gasteiger partial charge on any atom is -0.486 e. The topological polar surface area (TPSA) is 92.3 Å². The van der Waals surface area contributed by atoms with E-state index in [1.54, 1.807) is 21.3 Å². The quantitative estimate of drug-likeness (QED) is 0.446. The first-order valence-electron chi connectivity index (χ1n) is 12.5. The number of piperidine rings is 1. The lowest BCUT2D eigenvalue weighted by molar-refractivity contribution is 0.0985. The Labute approximate surface area is 221 Å². The molecular weight excluding hydrogens is 512 g/mol. The molecule has 37 heavy (non-hydrogen) atoms. The van der Waals surface area contributed by atoms with Crippen molar-refractivity contribution >= 4 is 42.6 Å². The maximum absolute atomic E-state index is 13.7. The number of thiazole rings is 1. The Morgan fingerprint density at radius 2 is 1.78 bits per heavy atom. The van der Waals surface area contributed by atoms with Gasteiger partial charge in [0.05, 0.1) is 15.1 Å². The first kappa shape index (κ1) is 25.9. The molecule has 1 fully saturated rings. The van der Waals surface area contributed by atoms with Crippen LogP contribution in [0.25, 0.3) is 10.2 Å². The van der Waals surface area contributed by atoms with Crippen molar-refractivity contribution in [3.8, 4) is 11.5 Å². The van der Waals surface area contributed by atoms with Gasteiger partial charge in [-0.2, -0.15) is 4.31 Å². The van der Waals surface area contributed by atoms with Crippen molar-refractivity contribution in [3.05, 3.63) is 42.0 Å². The number of sulfonamides is 1. The summed E-state index contributed by atoms with van der Waals surface area (Å²) in [6.45, 7) is 4.54. The Morgan fingerprint density at radius 3 is 2.46 bits per heavy atom. The number of likely N-dealkylation sites (N-methyl/N-ethyl adjacent to an activating group) is 1. The summed E-state index contributed by atoms with van der Waals surface area (Å²) in [5, 5.41) is 0.572. The Bertz CT molecular complexity index is 1340. The number of benzene rings is 2. The summed E-state index contributed by atoms with van der Waals surface area (Å²) >= 11 is 1.42. The predicted molar refractivity (Wildman–Crippen MR) is 144 cm³/mol. The zero-order valence-electron chi connectivity index (χ0n) is 21.3. The van der Waals surface area contributed by atoms with Crippen LogP contribution in [0.1, 0.15) is 36.5 Å². The second kappa shape index (κ2) is 10.6. The molecule has 0 bridgehead atoms. The van der Waals surface area contributed by atoms with Gasteiger partial charge in [-0.05, 0) is 58.1 Å². The number of nitrogens with zero attached hydrogens (tertiary/aromatic N) is 4. The normalized spacial score (nSPS) is 18.3. The summed E-state index contributed by atoms with van der Waals surface area (Å²) < 4.78 is 40.3. The second-order valence-electron chi connectivity index (χ2n) is 9.71. The number of aromatic nitrogens is 1. The molecule has 1 amide bonds. The molecule has 1 unspecified atom stereocenters. The van der Waals surface area contributed by atoms with E-state index in [2.05, 4.69) is 0 Å². The lowest BCUT2D eigenvalue weighted by Crippen LogP contribution is -2.41. The highest BCUT2D eigenvalue weighted by Gasteiger charge is 2.31. The van der Waals surface area contributed by atoms with Crippen LogP contribution >= 0.6 is 11.3 Å². The fourth-order valence-electron chi connectivity index (χ4n) is 4.64. The number of fused-ring (bicyclic) bond motifs is 2. The molecule has 9 nitrogen and oxygen atoms in total. The van der Waals surface area contributed by atoms with Crippen LogP contribution in [0.2, 0.25) is 0 Å². The van der Waals surface area contributed by atoms with Crippen molar-refractivity contribution in [2.45, 2.75) is 37.1 Å². The van der Waals surface area contributed by atoms with Crippen LogP contribution in [0.15, 0.2) is 41.3 Å². The van der Waals surface area contributed by atoms with Gasteiger partial charge < -0.3 is 14.4 Å². The van der Waals surface area contributed by atoms with Gasteiger partial charge in [0.1, 0.15) is 13.2 Å². The van der Waals surface area contributed by atoms with Crippen LogP contribution in [0.5, 0.6) is 11.5 Å². The maximum Gasteiger partial charge on any atom is 0.260 e. The van der Waals surface area contributed by atoms with Gasteiger partial charge in [0.2, 0.25) is 10.0 Å². The van der Waals surface area contributed by atoms with Gasteiger partial charge in [-0.1, -0.05) is 17.8 Å². The fourth-order valence-corrected chi connectivity index (χ4v) is 7.34. The van der Waals surface area contributed by atoms with Gasteiger partial charge >= 0.3 is 0 Å². The number of amides is 1. The van der Waals surface area contributed by atoms with E-state index < -0.39 is 10.0 Å². The minimum absolute atomic E-state index is 0.0258. The van der Waals surface area contributed by atoms with E-state index in [1.807, 2.05) is 38.1 Å². The molecule has 1 saturated heterocycles. The standard InChI is InChI=1S/C26H32N4O5S2/c1-18-6-4-5-11-30(18)37(32,33)20-9-7-19(8-10-20)25(31)29(13-12-28(2)3)26-27-21-16-22-23(17-24(21)36-26)35-15-14-34-22/h7-10,16-18H,4-6,11-15H2,1-3H3. The van der Waals surface area contributed by atoms with Crippen molar-refractivity contribution in [2.24, 2.45) is 0 Å². The van der Waals surface area contributed by atoms with Crippen LogP contribution in [-0.2, 0) is 10.0 Å². The van der Waals surface area contributed by atoms with Crippen LogP contribution in [0, 0.1) is 0 Å². The number of hydrogen-bond acceptors (Lipinski definition) is 8. The first-order valence-corrected chi connectivity index (χ1v) is 14.8. The summed E-state index contributed by atoms with van der Waals surface area (Å²) in [5.41, 5.74) is 1.15. The van der Waals surface area contributed by atoms with Gasteiger partial charge in [0.25, 0.3) is 5.91 Å². The highest BCUT2D eigenvalue weighted by molar-refractivity contribution is 7.89. The number of hydrogen-bond donors (Lipinski definition) is 0. The average Bonchev–Trinajstić information content (AvgIpc) is 3.29. The van der Waals surface area contributed by atoms with Crippen LogP contribution < -0.4 is 14.4 Å². The molecule has 3 heterocycles. The van der Waals surface area contributed by atoms with Crippen molar-refractivity contribution in [2.75, 3.05) is 51.8 Å². The number of carbonyl (C=O) groups is 1. The Hall–Kier alpha value is -2.73. The van der Waals surface area contributed by atoms with Gasteiger partial charge in [-0.15, -0.1) is 0 Å². The zero-order valence-corrected chi connectivity index (χ0v) is 23.0. The molecule has 0 aliphatic carbocycles. The number of ether oxygens (including phenoxy) is 2. The molecule has 2 aromatic carbocycles. The highest BCUT2D eigenvalue weighted by atomic mass is 32.2. The summed E-state index contributed by atoms with van der Waals surface area (Å²) in [6, 6.07) is 9.99. The third-order valence-electron chi connectivity index (χ3n) is 6.74. The van der Waals surface area contributed by atoms with Crippen LogP contribution in [0.3, 0.4) is 0 Å². The van der Waals surface area contributed by atoms with Crippen molar-refractivity contribution in [1.29, 1.82) is 0 Å². The van der Waals surface area contributed by atoms with E-state index in [1.165, 1.54) is 23.5 Å². The summed E-state index contributed by atoms with van der Waals surface area (Å²) in [7, 11) is 0.293. The van der Waals surface area contributed by atoms with E-state index in [0.717, 1.165) is 29.5 Å². The van der Waals surface area contributed by atoms with Crippen molar-refractivity contribution in [1.82, 2.24) is 14.2 Å². The molecule has 3 aromatic rings. The summed E-state index contributed by atoms with van der Waals surface area (Å²) in [5.74, 6) is 1.11. The minimum atomic E-state index is -3.61. The smallest absolute Gasteiger partial charge is 0.260 e. The molecule has 2 aliphatic rings.